The standard InChI is InChI=1S/C18H17ClFNO/c19-16-10-6-11-17(20)18(16)14(13-21)7-4-5-12-22-15-8-2-1-3-9-15/h1-3,6,8-11,14H,4-5,7,12H2. The molecule has 0 bridgehead atoms. The van der Waals surface area contributed by atoms with Gasteiger partial charge in [0.15, 0.2) is 0 Å². The number of halogens is 2. The summed E-state index contributed by atoms with van der Waals surface area (Å²) < 4.78 is 19.4. The lowest BCUT2D eigenvalue weighted by Gasteiger charge is -2.12. The summed E-state index contributed by atoms with van der Waals surface area (Å²) in [5.74, 6) is -0.110. The molecule has 22 heavy (non-hydrogen) atoms. The average Bonchev–Trinajstić information content (AvgIpc) is 2.53. The molecule has 0 aliphatic heterocycles. The second-order valence-corrected chi connectivity index (χ2v) is 5.38. The largest absolute Gasteiger partial charge is 0.494 e. The molecule has 0 aromatic heterocycles. The third-order valence-corrected chi connectivity index (χ3v) is 3.73. The summed E-state index contributed by atoms with van der Waals surface area (Å²) in [6, 6.07) is 16.2. The number of ether oxygens (including phenoxy) is 1. The van der Waals surface area contributed by atoms with Gasteiger partial charge in [0.25, 0.3) is 0 Å². The van der Waals surface area contributed by atoms with Gasteiger partial charge in [-0.15, -0.1) is 0 Å². The second kappa shape index (κ2) is 8.41. The van der Waals surface area contributed by atoms with Crippen LogP contribution in [0.2, 0.25) is 5.02 Å². The van der Waals surface area contributed by atoms with Crippen LogP contribution in [0.1, 0.15) is 30.7 Å². The Hall–Kier alpha value is -2.05. The summed E-state index contributed by atoms with van der Waals surface area (Å²) in [7, 11) is 0. The zero-order valence-corrected chi connectivity index (χ0v) is 12.9. The lowest BCUT2D eigenvalue weighted by atomic mass is 9.94. The van der Waals surface area contributed by atoms with Crippen LogP contribution in [0.4, 0.5) is 4.39 Å². The molecule has 0 heterocycles. The monoisotopic (exact) mass is 317 g/mol. The van der Waals surface area contributed by atoms with Crippen molar-refractivity contribution in [2.45, 2.75) is 25.2 Å². The van der Waals surface area contributed by atoms with Crippen molar-refractivity contribution in [1.29, 1.82) is 5.26 Å². The van der Waals surface area contributed by atoms with Gasteiger partial charge < -0.3 is 4.74 Å². The van der Waals surface area contributed by atoms with Gasteiger partial charge >= 0.3 is 0 Å². The van der Waals surface area contributed by atoms with Gasteiger partial charge in [0.05, 0.1) is 18.6 Å². The summed E-state index contributed by atoms with van der Waals surface area (Å²) in [6.45, 7) is 0.577. The number of hydrogen-bond donors (Lipinski definition) is 0. The summed E-state index contributed by atoms with van der Waals surface area (Å²) in [6.07, 6.45) is 2.14. The van der Waals surface area contributed by atoms with Crippen LogP contribution in [-0.4, -0.2) is 6.61 Å². The first-order valence-corrected chi connectivity index (χ1v) is 7.61. The fraction of sp³-hybridized carbons (Fsp3) is 0.278. The quantitative estimate of drug-likeness (QED) is 0.646. The maximum Gasteiger partial charge on any atom is 0.129 e. The minimum Gasteiger partial charge on any atom is -0.494 e. The molecule has 0 spiro atoms. The molecule has 0 amide bonds. The van der Waals surface area contributed by atoms with Gasteiger partial charge in [-0.3, -0.25) is 0 Å². The maximum atomic E-state index is 13.8. The van der Waals surface area contributed by atoms with Gasteiger partial charge in [0.1, 0.15) is 11.6 Å². The predicted molar refractivity (Wildman–Crippen MR) is 85.6 cm³/mol. The molecule has 1 atom stereocenters. The summed E-state index contributed by atoms with van der Waals surface area (Å²) >= 11 is 6.01. The van der Waals surface area contributed by atoms with E-state index in [2.05, 4.69) is 6.07 Å². The number of para-hydroxylation sites is 1. The van der Waals surface area contributed by atoms with E-state index >= 15 is 0 Å². The van der Waals surface area contributed by atoms with Crippen LogP contribution in [0.15, 0.2) is 48.5 Å². The molecule has 0 radical (unpaired) electrons. The van der Waals surface area contributed by atoms with Crippen LogP contribution in [-0.2, 0) is 0 Å². The highest BCUT2D eigenvalue weighted by atomic mass is 35.5. The van der Waals surface area contributed by atoms with Gasteiger partial charge in [0, 0.05) is 10.6 Å². The molecule has 2 nitrogen and oxygen atoms in total. The zero-order valence-electron chi connectivity index (χ0n) is 12.1. The smallest absolute Gasteiger partial charge is 0.129 e. The molecular weight excluding hydrogens is 301 g/mol. The average molecular weight is 318 g/mol. The molecule has 0 saturated carbocycles. The SMILES string of the molecule is N#CC(CCCCOc1ccccc1)c1c(F)cccc1Cl. The highest BCUT2D eigenvalue weighted by Gasteiger charge is 2.18. The van der Waals surface area contributed by atoms with Crippen LogP contribution in [0.3, 0.4) is 0 Å². The Kier molecular flexibility index (Phi) is 6.24. The van der Waals surface area contributed by atoms with Crippen LogP contribution in [0.25, 0.3) is 0 Å². The third kappa shape index (κ3) is 4.47. The molecular formula is C18H17ClFNO. The lowest BCUT2D eigenvalue weighted by Crippen LogP contribution is -2.03. The summed E-state index contributed by atoms with van der Waals surface area (Å²) in [5.41, 5.74) is 0.302. The second-order valence-electron chi connectivity index (χ2n) is 4.97. The van der Waals surface area contributed by atoms with Gasteiger partial charge in [-0.25, -0.2) is 4.39 Å². The van der Waals surface area contributed by atoms with E-state index in [9.17, 15) is 9.65 Å². The van der Waals surface area contributed by atoms with Gasteiger partial charge in [-0.2, -0.15) is 5.26 Å². The van der Waals surface area contributed by atoms with E-state index in [-0.39, 0.29) is 0 Å². The van der Waals surface area contributed by atoms with E-state index in [1.165, 1.54) is 6.07 Å². The molecule has 114 valence electrons. The number of hydrogen-bond acceptors (Lipinski definition) is 2. The van der Waals surface area contributed by atoms with Crippen LogP contribution < -0.4 is 4.74 Å². The van der Waals surface area contributed by atoms with E-state index in [1.54, 1.807) is 12.1 Å². The minimum atomic E-state index is -0.523. The Bertz CT molecular complexity index is 619. The predicted octanol–water partition coefficient (Wildman–Crippen LogP) is 5.34. The third-order valence-electron chi connectivity index (χ3n) is 3.40. The number of nitrogens with zero attached hydrogens (tertiary/aromatic N) is 1. The first-order valence-electron chi connectivity index (χ1n) is 7.23. The zero-order chi connectivity index (χ0) is 15.8. The highest BCUT2D eigenvalue weighted by molar-refractivity contribution is 6.31. The Balaban J connectivity index is 1.81. The van der Waals surface area contributed by atoms with Gasteiger partial charge in [-0.05, 0) is 43.5 Å². The van der Waals surface area contributed by atoms with Crippen molar-refractivity contribution >= 4 is 11.6 Å². The summed E-state index contributed by atoms with van der Waals surface area (Å²) in [5, 5.41) is 9.57. The van der Waals surface area contributed by atoms with Crippen molar-refractivity contribution in [2.24, 2.45) is 0 Å². The maximum absolute atomic E-state index is 13.8. The first kappa shape index (κ1) is 16.3. The fourth-order valence-electron chi connectivity index (χ4n) is 2.27. The van der Waals surface area contributed by atoms with Crippen molar-refractivity contribution in [3.8, 4) is 11.8 Å². The Labute approximate surface area is 135 Å². The molecule has 2 aromatic rings. The van der Waals surface area contributed by atoms with Crippen molar-refractivity contribution in [1.82, 2.24) is 0 Å². The minimum absolute atomic E-state index is 0.302. The number of benzene rings is 2. The lowest BCUT2D eigenvalue weighted by molar-refractivity contribution is 0.304. The first-order chi connectivity index (χ1) is 10.7. The fourth-order valence-corrected chi connectivity index (χ4v) is 2.57. The molecule has 2 aromatic carbocycles. The van der Waals surface area contributed by atoms with Crippen molar-refractivity contribution in [2.75, 3.05) is 6.61 Å². The normalized spacial score (nSPS) is 11.7. The van der Waals surface area contributed by atoms with Gasteiger partial charge in [0.2, 0.25) is 0 Å². The topological polar surface area (TPSA) is 33.0 Å². The molecule has 4 heteroatoms. The van der Waals surface area contributed by atoms with Crippen molar-refractivity contribution < 1.29 is 9.13 Å². The number of unbranched alkanes of at least 4 members (excludes halogenated alkanes) is 1. The highest BCUT2D eigenvalue weighted by Crippen LogP contribution is 2.30. The Morgan fingerprint density at radius 3 is 2.55 bits per heavy atom. The van der Waals surface area contributed by atoms with E-state index in [1.807, 2.05) is 30.3 Å². The van der Waals surface area contributed by atoms with Crippen LogP contribution in [0, 0.1) is 17.1 Å². The molecule has 0 saturated heterocycles. The summed E-state index contributed by atoms with van der Waals surface area (Å²) in [4.78, 5) is 0. The van der Waals surface area contributed by atoms with Crippen molar-refractivity contribution in [3.05, 3.63) is 64.9 Å². The Morgan fingerprint density at radius 2 is 1.86 bits per heavy atom. The molecule has 0 aliphatic carbocycles. The molecule has 2 rings (SSSR count). The Morgan fingerprint density at radius 1 is 1.09 bits per heavy atom. The van der Waals surface area contributed by atoms with E-state index in [0.717, 1.165) is 18.6 Å². The number of nitriles is 1. The van der Waals surface area contributed by atoms with Crippen LogP contribution in [0.5, 0.6) is 5.75 Å². The number of rotatable bonds is 7. The molecule has 0 fully saturated rings. The van der Waals surface area contributed by atoms with Crippen molar-refractivity contribution in [3.63, 3.8) is 0 Å². The van der Waals surface area contributed by atoms with E-state index in [0.29, 0.717) is 23.6 Å². The molecule has 0 aliphatic rings. The van der Waals surface area contributed by atoms with E-state index < -0.39 is 11.7 Å². The van der Waals surface area contributed by atoms with Gasteiger partial charge in [-0.1, -0.05) is 35.9 Å². The van der Waals surface area contributed by atoms with E-state index in [4.69, 9.17) is 16.3 Å². The molecule has 1 unspecified atom stereocenters. The molecule has 0 N–H and O–H groups in total. The van der Waals surface area contributed by atoms with Crippen LogP contribution >= 0.6 is 11.6 Å².